The molecule has 0 saturated heterocycles. The molecule has 0 aliphatic carbocycles. The van der Waals surface area contributed by atoms with Crippen molar-refractivity contribution in [2.75, 3.05) is 47.5 Å². The molecule has 0 aromatic rings. The van der Waals surface area contributed by atoms with Crippen LogP contribution in [0.15, 0.2) is 85.1 Å². The molecule has 0 amide bonds. The third-order valence-corrected chi connectivity index (χ3v) is 9.36. The Hall–Kier alpha value is -3.53. The molecule has 0 bridgehead atoms. The summed E-state index contributed by atoms with van der Waals surface area (Å²) in [5, 5.41) is 11.7. The van der Waals surface area contributed by atoms with Crippen LogP contribution in [0.1, 0.15) is 162 Å². The summed E-state index contributed by atoms with van der Waals surface area (Å²) in [6.45, 7) is 4.50. The molecule has 0 aromatic carbocycles. The number of unbranched alkanes of at least 4 members (excludes halogenated alkanes) is 12. The fourth-order valence-electron chi connectivity index (χ4n) is 5.77. The molecular weight excluding hydrogens is 755 g/mol. The molecule has 0 N–H and O–H groups in total. The van der Waals surface area contributed by atoms with Crippen molar-refractivity contribution in [3.63, 3.8) is 0 Å². The van der Waals surface area contributed by atoms with Crippen molar-refractivity contribution in [1.29, 1.82) is 0 Å². The minimum atomic E-state index is -1.63. The van der Waals surface area contributed by atoms with Gasteiger partial charge in [-0.3, -0.25) is 9.59 Å². The number of hydrogen-bond acceptors (Lipinski definition) is 8. The van der Waals surface area contributed by atoms with Gasteiger partial charge >= 0.3 is 11.9 Å². The zero-order valence-electron chi connectivity index (χ0n) is 38.5. The summed E-state index contributed by atoms with van der Waals surface area (Å²) < 4.78 is 22.5. The van der Waals surface area contributed by atoms with Crippen LogP contribution in [0.4, 0.5) is 0 Å². The third-order valence-electron chi connectivity index (χ3n) is 9.36. The molecule has 0 spiro atoms. The minimum absolute atomic E-state index is 0.139. The lowest BCUT2D eigenvalue weighted by atomic mass is 10.1. The zero-order chi connectivity index (χ0) is 44.2. The van der Waals surface area contributed by atoms with Gasteiger partial charge in [0.25, 0.3) is 0 Å². The number of hydrogen-bond donors (Lipinski definition) is 0. The first-order chi connectivity index (χ1) is 29.1. The third kappa shape index (κ3) is 42.6. The molecule has 0 aliphatic rings. The molecule has 0 aliphatic heterocycles. The predicted molar refractivity (Wildman–Crippen MR) is 246 cm³/mol. The van der Waals surface area contributed by atoms with Crippen molar-refractivity contribution in [2.45, 2.75) is 174 Å². The van der Waals surface area contributed by atoms with Crippen molar-refractivity contribution >= 4 is 17.9 Å². The summed E-state index contributed by atoms with van der Waals surface area (Å²) in [6, 6.07) is 0. The lowest BCUT2D eigenvalue weighted by Gasteiger charge is -2.26. The standard InChI is InChI=1S/C51H85NO8/c1-6-8-10-12-14-16-18-19-20-21-22-23-24-25-26-27-28-29-30-31-32-34-36-38-40-42-49(54)60-47(46-59-51(50(55)56)57-44-43-52(3,4)5)45-58-48(53)41-39-37-35-33-17-15-13-11-9-7-2/h8,10-11,13-14,16,19-20,22-23,25-26,28-29,47,51H,6-7,9,12,15,17-18,21,24,27,30-46H2,1-5H3/b10-8-,13-11-,16-14-,20-19-,23-22-,26-25-,29-28-. The largest absolute Gasteiger partial charge is 0.545 e. The molecule has 9 heteroatoms. The van der Waals surface area contributed by atoms with Gasteiger partial charge in [0.1, 0.15) is 13.2 Å². The molecule has 0 fully saturated rings. The lowest BCUT2D eigenvalue weighted by Crippen LogP contribution is -2.44. The van der Waals surface area contributed by atoms with Gasteiger partial charge in [-0.25, -0.2) is 0 Å². The SMILES string of the molecule is CC/C=C\C/C=C\C/C=C\C/C=C\C/C=C\C/C=C\CCCCCCCCC(=O)OC(COC(=O)CCCCCCC/C=C\CCC)COC(OCC[N+](C)(C)C)C(=O)[O-]. The number of allylic oxidation sites excluding steroid dienone is 14. The molecule has 0 aromatic heterocycles. The number of carboxylic acids is 1. The van der Waals surface area contributed by atoms with E-state index in [4.69, 9.17) is 18.9 Å². The highest BCUT2D eigenvalue weighted by molar-refractivity contribution is 5.70. The van der Waals surface area contributed by atoms with Crippen molar-refractivity contribution in [1.82, 2.24) is 0 Å². The Morgan fingerprint density at radius 2 is 0.950 bits per heavy atom. The summed E-state index contributed by atoms with van der Waals surface area (Å²) in [5.74, 6) is -2.33. The van der Waals surface area contributed by atoms with E-state index in [1.54, 1.807) is 0 Å². The van der Waals surface area contributed by atoms with Crippen molar-refractivity contribution in [3.05, 3.63) is 85.1 Å². The maximum absolute atomic E-state index is 12.8. The van der Waals surface area contributed by atoms with E-state index < -0.39 is 24.3 Å². The van der Waals surface area contributed by atoms with Gasteiger partial charge in [0.2, 0.25) is 0 Å². The molecule has 0 rings (SSSR count). The molecule has 0 heterocycles. The van der Waals surface area contributed by atoms with Gasteiger partial charge in [-0.15, -0.1) is 0 Å². The van der Waals surface area contributed by atoms with Crippen LogP contribution in [0.2, 0.25) is 0 Å². The van der Waals surface area contributed by atoms with Gasteiger partial charge in [-0.1, -0.05) is 150 Å². The summed E-state index contributed by atoms with van der Waals surface area (Å²) in [5.41, 5.74) is 0. The monoisotopic (exact) mass is 840 g/mol. The number of aliphatic carboxylic acids is 1. The number of ether oxygens (including phenoxy) is 4. The predicted octanol–water partition coefficient (Wildman–Crippen LogP) is 11.2. The second-order valence-corrected chi connectivity index (χ2v) is 16.3. The first kappa shape index (κ1) is 56.5. The smallest absolute Gasteiger partial charge is 0.306 e. The number of carboxylic acid groups (broad SMARTS) is 1. The maximum Gasteiger partial charge on any atom is 0.306 e. The summed E-state index contributed by atoms with van der Waals surface area (Å²) in [6.07, 6.45) is 50.5. The number of carbonyl (C=O) groups excluding carboxylic acids is 3. The molecule has 9 nitrogen and oxygen atoms in total. The summed E-state index contributed by atoms with van der Waals surface area (Å²) in [4.78, 5) is 36.9. The fourth-order valence-corrected chi connectivity index (χ4v) is 5.77. The maximum atomic E-state index is 12.8. The van der Waals surface area contributed by atoms with E-state index in [2.05, 4.69) is 98.9 Å². The average Bonchev–Trinajstić information content (AvgIpc) is 3.21. The van der Waals surface area contributed by atoms with Crippen LogP contribution in [0, 0.1) is 0 Å². The topological polar surface area (TPSA) is 111 Å². The van der Waals surface area contributed by atoms with Gasteiger partial charge < -0.3 is 33.3 Å². The number of rotatable bonds is 41. The van der Waals surface area contributed by atoms with Crippen molar-refractivity contribution in [3.8, 4) is 0 Å². The highest BCUT2D eigenvalue weighted by Gasteiger charge is 2.21. The van der Waals surface area contributed by atoms with Gasteiger partial charge in [-0.05, 0) is 83.5 Å². The van der Waals surface area contributed by atoms with Crippen LogP contribution in [0.25, 0.3) is 0 Å². The van der Waals surface area contributed by atoms with Crippen LogP contribution in [0.5, 0.6) is 0 Å². The van der Waals surface area contributed by atoms with E-state index in [-0.39, 0.29) is 38.6 Å². The normalized spacial score (nSPS) is 13.7. The van der Waals surface area contributed by atoms with E-state index in [0.29, 0.717) is 17.4 Å². The number of esters is 2. The van der Waals surface area contributed by atoms with Crippen LogP contribution in [-0.4, -0.2) is 82.3 Å². The molecule has 0 saturated carbocycles. The molecule has 2 unspecified atom stereocenters. The van der Waals surface area contributed by atoms with Crippen molar-refractivity contribution in [2.24, 2.45) is 0 Å². The number of likely N-dealkylation sites (N-methyl/N-ethyl adjacent to an activating group) is 1. The minimum Gasteiger partial charge on any atom is -0.545 e. The number of nitrogens with zero attached hydrogens (tertiary/aromatic N) is 1. The molecule has 60 heavy (non-hydrogen) atoms. The Balaban J connectivity index is 4.38. The van der Waals surface area contributed by atoms with Crippen LogP contribution >= 0.6 is 0 Å². The van der Waals surface area contributed by atoms with Crippen molar-refractivity contribution < 1.29 is 42.9 Å². The van der Waals surface area contributed by atoms with Crippen LogP contribution < -0.4 is 5.11 Å². The molecule has 2 atom stereocenters. The van der Waals surface area contributed by atoms with E-state index in [1.165, 1.54) is 6.42 Å². The Labute approximate surface area is 366 Å². The van der Waals surface area contributed by atoms with Gasteiger partial charge in [-0.2, -0.15) is 0 Å². The Kier molecular flexibility index (Phi) is 39.7. The molecular formula is C51H85NO8. The summed E-state index contributed by atoms with van der Waals surface area (Å²) in [7, 11) is 5.89. The zero-order valence-corrected chi connectivity index (χ0v) is 38.5. The quantitative estimate of drug-likeness (QED) is 0.0197. The molecule has 342 valence electrons. The van der Waals surface area contributed by atoms with Gasteiger partial charge in [0, 0.05) is 12.8 Å². The second kappa shape index (κ2) is 42.2. The Morgan fingerprint density at radius 1 is 0.517 bits per heavy atom. The first-order valence-electron chi connectivity index (χ1n) is 23.2. The van der Waals surface area contributed by atoms with Crippen LogP contribution in [-0.2, 0) is 33.3 Å². The lowest BCUT2D eigenvalue weighted by molar-refractivity contribution is -0.870. The van der Waals surface area contributed by atoms with E-state index in [1.807, 2.05) is 21.1 Å². The fraction of sp³-hybridized carbons (Fsp3) is 0.667. The highest BCUT2D eigenvalue weighted by Crippen LogP contribution is 2.12. The van der Waals surface area contributed by atoms with E-state index >= 15 is 0 Å². The second-order valence-electron chi connectivity index (χ2n) is 16.3. The number of quaternary nitrogens is 1. The van der Waals surface area contributed by atoms with Crippen LogP contribution in [0.3, 0.4) is 0 Å². The first-order valence-corrected chi connectivity index (χ1v) is 23.2. The van der Waals surface area contributed by atoms with E-state index in [9.17, 15) is 19.5 Å². The summed E-state index contributed by atoms with van der Waals surface area (Å²) >= 11 is 0. The Morgan fingerprint density at radius 3 is 1.43 bits per heavy atom. The molecule has 0 radical (unpaired) electrons. The van der Waals surface area contributed by atoms with Gasteiger partial charge in [0.15, 0.2) is 12.4 Å². The Bertz CT molecular complexity index is 1260. The average molecular weight is 840 g/mol. The van der Waals surface area contributed by atoms with E-state index in [0.717, 1.165) is 122 Å². The van der Waals surface area contributed by atoms with Gasteiger partial charge in [0.05, 0.1) is 40.3 Å². The highest BCUT2D eigenvalue weighted by atomic mass is 16.7. The number of carbonyl (C=O) groups is 3.